The Morgan fingerprint density at radius 1 is 0.885 bits per heavy atom. The third-order valence-electron chi connectivity index (χ3n) is 8.27. The largest absolute Gasteiger partial charge is 0.333 e. The molecule has 5 rings (SSSR count). The minimum atomic E-state index is 0.0591. The molecular formula is C21H36N4O. The van der Waals surface area contributed by atoms with Crippen molar-refractivity contribution in [3.8, 4) is 0 Å². The number of carbonyl (C=O) groups is 1. The van der Waals surface area contributed by atoms with E-state index in [0.29, 0.717) is 18.0 Å². The van der Waals surface area contributed by atoms with Gasteiger partial charge in [0.2, 0.25) is 0 Å². The van der Waals surface area contributed by atoms with E-state index in [2.05, 4.69) is 20.9 Å². The van der Waals surface area contributed by atoms with E-state index in [-0.39, 0.29) is 6.03 Å². The van der Waals surface area contributed by atoms with Crippen LogP contribution in [0.25, 0.3) is 0 Å². The first-order chi connectivity index (χ1) is 12.8. The number of nitrogens with one attached hydrogen (secondary N) is 3. The number of rotatable bonds is 3. The maximum absolute atomic E-state index is 11.8. The molecule has 2 amide bonds. The number of hydrogen-bond donors (Lipinski definition) is 3. The molecule has 0 radical (unpaired) electrons. The summed E-state index contributed by atoms with van der Waals surface area (Å²) in [5.41, 5.74) is 0. The monoisotopic (exact) mass is 360 g/mol. The Morgan fingerprint density at radius 3 is 2.73 bits per heavy atom. The van der Waals surface area contributed by atoms with Gasteiger partial charge in [-0.05, 0) is 75.3 Å². The second kappa shape index (κ2) is 7.31. The number of nitrogens with zero attached hydrogens (tertiary/aromatic N) is 1. The summed E-state index contributed by atoms with van der Waals surface area (Å²) in [4.78, 5) is 14.5. The quantitative estimate of drug-likeness (QED) is 0.724. The molecule has 5 aliphatic rings. The Kier molecular flexibility index (Phi) is 4.86. The molecule has 0 spiro atoms. The van der Waals surface area contributed by atoms with Crippen molar-refractivity contribution in [3.63, 3.8) is 0 Å². The molecule has 3 N–H and O–H groups in total. The Hall–Kier alpha value is -0.810. The summed E-state index contributed by atoms with van der Waals surface area (Å²) < 4.78 is 0. The molecule has 0 aromatic heterocycles. The Bertz CT molecular complexity index is 526. The number of urea groups is 1. The summed E-state index contributed by atoms with van der Waals surface area (Å²) in [6, 6.07) is 1.63. The lowest BCUT2D eigenvalue weighted by molar-refractivity contribution is 0.0843. The predicted octanol–water partition coefficient (Wildman–Crippen LogP) is 2.33. The molecule has 26 heavy (non-hydrogen) atoms. The van der Waals surface area contributed by atoms with Gasteiger partial charge in [-0.2, -0.15) is 0 Å². The Balaban J connectivity index is 1.20. The summed E-state index contributed by atoms with van der Waals surface area (Å²) in [5, 5.41) is 10.2. The molecule has 2 aliphatic carbocycles. The van der Waals surface area contributed by atoms with Crippen molar-refractivity contribution < 1.29 is 4.79 Å². The lowest BCUT2D eigenvalue weighted by atomic mass is 9.72. The minimum Gasteiger partial charge on any atom is -0.333 e. The maximum atomic E-state index is 11.8. The van der Waals surface area contributed by atoms with Gasteiger partial charge in [-0.25, -0.2) is 4.79 Å². The lowest BCUT2D eigenvalue weighted by Gasteiger charge is -2.42. The smallest absolute Gasteiger partial charge is 0.315 e. The molecule has 0 aromatic rings. The van der Waals surface area contributed by atoms with Crippen molar-refractivity contribution in [3.05, 3.63) is 0 Å². The highest BCUT2D eigenvalue weighted by Gasteiger charge is 2.43. The first-order valence-electron chi connectivity index (χ1n) is 11.3. The molecule has 146 valence electrons. The van der Waals surface area contributed by atoms with Gasteiger partial charge in [0, 0.05) is 19.1 Å². The standard InChI is InChI=1S/C21H36N4O/c26-21-23-19-9-3-5-15(20(19)24-21)13-25-10-4-6-14(12-25)17-11-22-18-8-2-1-7-16(17)18/h14-20,22H,1-13H2,(H2,23,24,26). The fourth-order valence-electron chi connectivity index (χ4n) is 7.05. The van der Waals surface area contributed by atoms with Crippen LogP contribution in [0.2, 0.25) is 0 Å². The van der Waals surface area contributed by atoms with Crippen LogP contribution < -0.4 is 16.0 Å². The summed E-state index contributed by atoms with van der Waals surface area (Å²) in [6.07, 6.45) is 12.2. The average Bonchev–Trinajstić information content (AvgIpc) is 3.25. The zero-order chi connectivity index (χ0) is 17.5. The Labute approximate surface area is 158 Å². The average molecular weight is 361 g/mol. The summed E-state index contributed by atoms with van der Waals surface area (Å²) in [6.45, 7) is 5.01. The van der Waals surface area contributed by atoms with E-state index >= 15 is 0 Å². The number of piperidine rings is 1. The third kappa shape index (κ3) is 3.26. The van der Waals surface area contributed by atoms with Crippen molar-refractivity contribution >= 4 is 6.03 Å². The SMILES string of the molecule is O=C1NC2CCCC(CN3CCCC(C4CNC5CCCCC54)C3)C2N1. The molecule has 5 nitrogen and oxygen atoms in total. The van der Waals surface area contributed by atoms with Gasteiger partial charge in [0.1, 0.15) is 0 Å². The van der Waals surface area contributed by atoms with E-state index < -0.39 is 0 Å². The van der Waals surface area contributed by atoms with Crippen LogP contribution in [0.5, 0.6) is 0 Å². The fraction of sp³-hybridized carbons (Fsp3) is 0.952. The topological polar surface area (TPSA) is 56.4 Å². The minimum absolute atomic E-state index is 0.0591. The van der Waals surface area contributed by atoms with E-state index in [0.717, 1.165) is 30.2 Å². The van der Waals surface area contributed by atoms with Crippen LogP contribution in [0.3, 0.4) is 0 Å². The zero-order valence-corrected chi connectivity index (χ0v) is 16.1. The number of likely N-dealkylation sites (tertiary alicyclic amines) is 1. The summed E-state index contributed by atoms with van der Waals surface area (Å²) in [5.74, 6) is 3.39. The van der Waals surface area contributed by atoms with E-state index in [9.17, 15) is 4.79 Å². The highest BCUT2D eigenvalue weighted by Crippen LogP contribution is 2.41. The van der Waals surface area contributed by atoms with Gasteiger partial charge in [-0.3, -0.25) is 0 Å². The highest BCUT2D eigenvalue weighted by molar-refractivity contribution is 5.77. The highest BCUT2D eigenvalue weighted by atomic mass is 16.2. The predicted molar refractivity (Wildman–Crippen MR) is 103 cm³/mol. The molecule has 7 unspecified atom stereocenters. The number of fused-ring (bicyclic) bond motifs is 2. The molecular weight excluding hydrogens is 324 g/mol. The molecule has 7 atom stereocenters. The maximum Gasteiger partial charge on any atom is 0.315 e. The van der Waals surface area contributed by atoms with Gasteiger partial charge < -0.3 is 20.9 Å². The van der Waals surface area contributed by atoms with Crippen LogP contribution in [-0.4, -0.2) is 55.2 Å². The van der Waals surface area contributed by atoms with Gasteiger partial charge in [-0.1, -0.05) is 19.3 Å². The summed E-state index contributed by atoms with van der Waals surface area (Å²) >= 11 is 0. The molecule has 3 saturated heterocycles. The second-order valence-electron chi connectivity index (χ2n) is 9.73. The molecule has 5 heteroatoms. The first-order valence-corrected chi connectivity index (χ1v) is 11.3. The number of amides is 2. The summed E-state index contributed by atoms with van der Waals surface area (Å²) in [7, 11) is 0. The number of hydrogen-bond acceptors (Lipinski definition) is 3. The fourth-order valence-corrected chi connectivity index (χ4v) is 7.05. The lowest BCUT2D eigenvalue weighted by Crippen LogP contribution is -2.50. The molecule has 0 bridgehead atoms. The van der Waals surface area contributed by atoms with Crippen LogP contribution in [0.15, 0.2) is 0 Å². The van der Waals surface area contributed by atoms with E-state index in [4.69, 9.17) is 0 Å². The van der Waals surface area contributed by atoms with Crippen LogP contribution in [0, 0.1) is 23.7 Å². The van der Waals surface area contributed by atoms with Gasteiger partial charge in [0.25, 0.3) is 0 Å². The van der Waals surface area contributed by atoms with Crippen LogP contribution in [0.1, 0.15) is 57.8 Å². The van der Waals surface area contributed by atoms with Crippen molar-refractivity contribution in [1.82, 2.24) is 20.9 Å². The molecule has 3 heterocycles. The van der Waals surface area contributed by atoms with E-state index in [1.807, 2.05) is 0 Å². The van der Waals surface area contributed by atoms with Crippen molar-refractivity contribution in [2.24, 2.45) is 23.7 Å². The van der Waals surface area contributed by atoms with E-state index in [1.54, 1.807) is 0 Å². The molecule has 0 aromatic carbocycles. The second-order valence-corrected chi connectivity index (χ2v) is 9.73. The molecule has 3 aliphatic heterocycles. The van der Waals surface area contributed by atoms with Crippen LogP contribution in [0.4, 0.5) is 4.79 Å². The van der Waals surface area contributed by atoms with Crippen molar-refractivity contribution in [2.45, 2.75) is 75.9 Å². The first kappa shape index (κ1) is 17.3. The Morgan fingerprint density at radius 2 is 1.77 bits per heavy atom. The number of carbonyl (C=O) groups excluding carboxylic acids is 1. The van der Waals surface area contributed by atoms with Crippen molar-refractivity contribution in [1.29, 1.82) is 0 Å². The van der Waals surface area contributed by atoms with E-state index in [1.165, 1.54) is 77.5 Å². The van der Waals surface area contributed by atoms with Crippen LogP contribution >= 0.6 is 0 Å². The molecule has 5 fully saturated rings. The third-order valence-corrected chi connectivity index (χ3v) is 8.27. The van der Waals surface area contributed by atoms with Gasteiger partial charge in [-0.15, -0.1) is 0 Å². The van der Waals surface area contributed by atoms with Crippen LogP contribution in [-0.2, 0) is 0 Å². The van der Waals surface area contributed by atoms with Gasteiger partial charge >= 0.3 is 6.03 Å². The van der Waals surface area contributed by atoms with Gasteiger partial charge in [0.15, 0.2) is 0 Å². The normalized spacial score (nSPS) is 46.3. The van der Waals surface area contributed by atoms with Gasteiger partial charge in [0.05, 0.1) is 12.1 Å². The van der Waals surface area contributed by atoms with Crippen molar-refractivity contribution in [2.75, 3.05) is 26.2 Å². The molecule has 2 saturated carbocycles. The zero-order valence-electron chi connectivity index (χ0n) is 16.1.